The molecule has 1 rings (SSSR count). The van der Waals surface area contributed by atoms with Crippen molar-refractivity contribution in [3.8, 4) is 0 Å². The molecular formula is C13H21N3O. The highest BCUT2D eigenvalue weighted by atomic mass is 16.2. The molecule has 1 aromatic heterocycles. The Balaban J connectivity index is 2.69. The molecule has 0 aliphatic rings. The van der Waals surface area contributed by atoms with Crippen molar-refractivity contribution in [1.29, 1.82) is 0 Å². The summed E-state index contributed by atoms with van der Waals surface area (Å²) in [5, 5.41) is 0. The summed E-state index contributed by atoms with van der Waals surface area (Å²) in [6, 6.07) is 3.41. The largest absolute Gasteiger partial charge is 0.337 e. The van der Waals surface area contributed by atoms with E-state index >= 15 is 0 Å². The molecule has 1 amide bonds. The van der Waals surface area contributed by atoms with Gasteiger partial charge < -0.3 is 10.6 Å². The highest BCUT2D eigenvalue weighted by molar-refractivity contribution is 5.81. The lowest BCUT2D eigenvalue weighted by atomic mass is 10.0. The lowest BCUT2D eigenvalue weighted by Crippen LogP contribution is -2.46. The number of aromatic nitrogens is 1. The van der Waals surface area contributed by atoms with Gasteiger partial charge in [-0.25, -0.2) is 0 Å². The number of nitrogens with zero attached hydrogens (tertiary/aromatic N) is 2. The summed E-state index contributed by atoms with van der Waals surface area (Å²) in [6.07, 6.45) is 3.46. The van der Waals surface area contributed by atoms with Crippen LogP contribution in [-0.4, -0.2) is 28.4 Å². The van der Waals surface area contributed by atoms with E-state index in [0.717, 1.165) is 5.56 Å². The second kappa shape index (κ2) is 6.35. The standard InChI is InChI=1S/C13H21N3O/c1-4-16(13(17)12(14)10(2)3)9-11-5-7-15-8-6-11/h5-8,10,12H,4,9,14H2,1-3H3. The number of hydrogen-bond donors (Lipinski definition) is 1. The second-order valence-corrected chi connectivity index (χ2v) is 4.48. The summed E-state index contributed by atoms with van der Waals surface area (Å²) < 4.78 is 0. The van der Waals surface area contributed by atoms with Gasteiger partial charge in [0.05, 0.1) is 6.04 Å². The average molecular weight is 235 g/mol. The predicted octanol–water partition coefficient (Wildman–Crippen LogP) is 1.41. The lowest BCUT2D eigenvalue weighted by Gasteiger charge is -2.26. The third kappa shape index (κ3) is 3.82. The second-order valence-electron chi connectivity index (χ2n) is 4.48. The minimum absolute atomic E-state index is 0.0133. The lowest BCUT2D eigenvalue weighted by molar-refractivity contribution is -0.134. The molecular weight excluding hydrogens is 214 g/mol. The van der Waals surface area contributed by atoms with Crippen LogP contribution in [-0.2, 0) is 11.3 Å². The Morgan fingerprint density at radius 2 is 2.00 bits per heavy atom. The highest BCUT2D eigenvalue weighted by Crippen LogP contribution is 2.08. The van der Waals surface area contributed by atoms with Crippen LogP contribution >= 0.6 is 0 Å². The Labute approximate surface area is 103 Å². The van der Waals surface area contributed by atoms with Crippen LogP contribution in [0.3, 0.4) is 0 Å². The summed E-state index contributed by atoms with van der Waals surface area (Å²) in [7, 11) is 0. The molecule has 0 aliphatic carbocycles. The topological polar surface area (TPSA) is 59.2 Å². The first-order valence-electron chi connectivity index (χ1n) is 5.99. The molecule has 0 radical (unpaired) electrons. The molecule has 4 nitrogen and oxygen atoms in total. The first-order chi connectivity index (χ1) is 8.06. The number of hydrogen-bond acceptors (Lipinski definition) is 3. The molecule has 1 atom stereocenters. The van der Waals surface area contributed by atoms with E-state index in [1.807, 2.05) is 32.9 Å². The molecule has 0 saturated heterocycles. The van der Waals surface area contributed by atoms with Crippen molar-refractivity contribution < 1.29 is 4.79 Å². The van der Waals surface area contributed by atoms with Gasteiger partial charge in [0.2, 0.25) is 5.91 Å². The van der Waals surface area contributed by atoms with E-state index in [4.69, 9.17) is 5.73 Å². The summed E-state index contributed by atoms with van der Waals surface area (Å²) in [5.74, 6) is 0.174. The molecule has 0 fully saturated rings. The van der Waals surface area contributed by atoms with Gasteiger partial charge in [0, 0.05) is 25.5 Å². The van der Waals surface area contributed by atoms with Crippen molar-refractivity contribution in [2.75, 3.05) is 6.54 Å². The Morgan fingerprint density at radius 3 is 2.47 bits per heavy atom. The number of carbonyl (C=O) groups excluding carboxylic acids is 1. The van der Waals surface area contributed by atoms with Crippen molar-refractivity contribution in [2.24, 2.45) is 11.7 Å². The fourth-order valence-corrected chi connectivity index (χ4v) is 1.55. The molecule has 1 aromatic rings. The fourth-order valence-electron chi connectivity index (χ4n) is 1.55. The van der Waals surface area contributed by atoms with Crippen molar-refractivity contribution in [2.45, 2.75) is 33.4 Å². The van der Waals surface area contributed by atoms with Gasteiger partial charge in [0.25, 0.3) is 0 Å². The first-order valence-corrected chi connectivity index (χ1v) is 5.99. The van der Waals surface area contributed by atoms with E-state index < -0.39 is 6.04 Å². The van der Waals surface area contributed by atoms with Gasteiger partial charge in [0.15, 0.2) is 0 Å². The molecule has 17 heavy (non-hydrogen) atoms. The smallest absolute Gasteiger partial charge is 0.240 e. The Bertz CT molecular complexity index is 351. The third-order valence-corrected chi connectivity index (χ3v) is 2.82. The van der Waals surface area contributed by atoms with Gasteiger partial charge in [0.1, 0.15) is 0 Å². The van der Waals surface area contributed by atoms with Gasteiger partial charge >= 0.3 is 0 Å². The van der Waals surface area contributed by atoms with E-state index in [0.29, 0.717) is 13.1 Å². The molecule has 0 aromatic carbocycles. The SMILES string of the molecule is CCN(Cc1ccncc1)C(=O)C(N)C(C)C. The number of nitrogens with two attached hydrogens (primary N) is 1. The molecule has 1 unspecified atom stereocenters. The minimum Gasteiger partial charge on any atom is -0.337 e. The minimum atomic E-state index is -0.420. The summed E-state index contributed by atoms with van der Waals surface area (Å²) in [5.41, 5.74) is 6.96. The van der Waals surface area contributed by atoms with Gasteiger partial charge in [-0.3, -0.25) is 9.78 Å². The normalized spacial score (nSPS) is 12.5. The Morgan fingerprint density at radius 1 is 1.41 bits per heavy atom. The van der Waals surface area contributed by atoms with E-state index in [1.54, 1.807) is 17.3 Å². The van der Waals surface area contributed by atoms with E-state index in [-0.39, 0.29) is 11.8 Å². The Hall–Kier alpha value is -1.42. The van der Waals surface area contributed by atoms with Crippen LogP contribution in [0.5, 0.6) is 0 Å². The van der Waals surface area contributed by atoms with Crippen molar-refractivity contribution in [1.82, 2.24) is 9.88 Å². The molecule has 94 valence electrons. The van der Waals surface area contributed by atoms with Crippen LogP contribution in [0.15, 0.2) is 24.5 Å². The fraction of sp³-hybridized carbons (Fsp3) is 0.538. The number of rotatable bonds is 5. The van der Waals surface area contributed by atoms with E-state index in [9.17, 15) is 4.79 Å². The van der Waals surface area contributed by atoms with Crippen LogP contribution in [0.4, 0.5) is 0 Å². The monoisotopic (exact) mass is 235 g/mol. The van der Waals surface area contributed by atoms with E-state index in [2.05, 4.69) is 4.98 Å². The van der Waals surface area contributed by atoms with Crippen molar-refractivity contribution >= 4 is 5.91 Å². The van der Waals surface area contributed by atoms with Crippen LogP contribution < -0.4 is 5.73 Å². The Kier molecular flexibility index (Phi) is 5.10. The third-order valence-electron chi connectivity index (χ3n) is 2.82. The van der Waals surface area contributed by atoms with Gasteiger partial charge in [-0.1, -0.05) is 13.8 Å². The summed E-state index contributed by atoms with van der Waals surface area (Å²) in [4.78, 5) is 17.8. The van der Waals surface area contributed by atoms with Crippen molar-refractivity contribution in [3.63, 3.8) is 0 Å². The van der Waals surface area contributed by atoms with E-state index in [1.165, 1.54) is 0 Å². The van der Waals surface area contributed by atoms with Crippen LogP contribution in [0.25, 0.3) is 0 Å². The molecule has 0 saturated carbocycles. The summed E-state index contributed by atoms with van der Waals surface area (Å²) in [6.45, 7) is 7.15. The van der Waals surface area contributed by atoms with Crippen LogP contribution in [0, 0.1) is 5.92 Å². The first kappa shape index (κ1) is 13.6. The predicted molar refractivity (Wildman–Crippen MR) is 68.1 cm³/mol. The van der Waals surface area contributed by atoms with Crippen LogP contribution in [0.2, 0.25) is 0 Å². The van der Waals surface area contributed by atoms with Crippen molar-refractivity contribution in [3.05, 3.63) is 30.1 Å². The molecule has 2 N–H and O–H groups in total. The van der Waals surface area contributed by atoms with Crippen LogP contribution in [0.1, 0.15) is 26.3 Å². The molecule has 1 heterocycles. The number of amides is 1. The average Bonchev–Trinajstić information content (AvgIpc) is 2.35. The maximum atomic E-state index is 12.1. The zero-order chi connectivity index (χ0) is 12.8. The number of pyridine rings is 1. The number of carbonyl (C=O) groups is 1. The van der Waals surface area contributed by atoms with Gasteiger partial charge in [-0.05, 0) is 30.5 Å². The molecule has 4 heteroatoms. The zero-order valence-electron chi connectivity index (χ0n) is 10.8. The van der Waals surface area contributed by atoms with Gasteiger partial charge in [-0.2, -0.15) is 0 Å². The molecule has 0 aliphatic heterocycles. The summed E-state index contributed by atoms with van der Waals surface area (Å²) >= 11 is 0. The zero-order valence-corrected chi connectivity index (χ0v) is 10.8. The maximum Gasteiger partial charge on any atom is 0.240 e. The van der Waals surface area contributed by atoms with Gasteiger partial charge in [-0.15, -0.1) is 0 Å². The highest BCUT2D eigenvalue weighted by Gasteiger charge is 2.22. The quantitative estimate of drug-likeness (QED) is 0.839. The molecule has 0 spiro atoms. The molecule has 0 bridgehead atoms. The maximum absolute atomic E-state index is 12.1. The number of likely N-dealkylation sites (N-methyl/N-ethyl adjacent to an activating group) is 1.